The summed E-state index contributed by atoms with van der Waals surface area (Å²) >= 11 is 0. The van der Waals surface area contributed by atoms with Crippen LogP contribution in [0.15, 0.2) is 55.0 Å². The molecule has 0 aliphatic heterocycles. The molecule has 0 aliphatic rings. The third-order valence-corrected chi connectivity index (χ3v) is 5.41. The number of benzene rings is 2. The number of fused-ring (bicyclic) bond motifs is 1. The van der Waals surface area contributed by atoms with Gasteiger partial charge in [-0.2, -0.15) is 5.10 Å². The highest BCUT2D eigenvalue weighted by Crippen LogP contribution is 2.37. The van der Waals surface area contributed by atoms with Crippen LogP contribution in [0.5, 0.6) is 5.75 Å². The van der Waals surface area contributed by atoms with Gasteiger partial charge in [0.1, 0.15) is 17.8 Å². The van der Waals surface area contributed by atoms with E-state index in [9.17, 15) is 4.79 Å². The molecule has 0 bridgehead atoms. The van der Waals surface area contributed by atoms with Crippen LogP contribution in [-0.4, -0.2) is 32.8 Å². The number of anilines is 1. The van der Waals surface area contributed by atoms with Crippen molar-refractivity contribution < 1.29 is 9.53 Å². The lowest BCUT2D eigenvalue weighted by Crippen LogP contribution is -2.20. The summed E-state index contributed by atoms with van der Waals surface area (Å²) < 4.78 is 7.30. The monoisotopic (exact) mass is 415 g/mol. The fourth-order valence-corrected chi connectivity index (χ4v) is 3.48. The lowest BCUT2D eigenvalue weighted by molar-refractivity contribution is -0.119. The summed E-state index contributed by atoms with van der Waals surface area (Å²) in [6.07, 6.45) is 4.24. The van der Waals surface area contributed by atoms with E-state index in [2.05, 4.69) is 20.4 Å². The highest BCUT2D eigenvalue weighted by Gasteiger charge is 2.19. The molecule has 1 amide bonds. The van der Waals surface area contributed by atoms with E-state index in [0.717, 1.165) is 39.8 Å². The summed E-state index contributed by atoms with van der Waals surface area (Å²) in [5.41, 5.74) is 4.81. The minimum absolute atomic E-state index is 0.0510. The van der Waals surface area contributed by atoms with Crippen LogP contribution in [0.1, 0.15) is 20.3 Å². The number of methoxy groups -OCH3 is 1. The van der Waals surface area contributed by atoms with E-state index in [0.29, 0.717) is 11.4 Å². The molecular weight excluding hydrogens is 390 g/mol. The largest absolute Gasteiger partial charge is 0.494 e. The molecule has 2 aromatic carbocycles. The van der Waals surface area contributed by atoms with E-state index in [1.807, 2.05) is 69.6 Å². The number of hydrogen-bond acceptors (Lipinski definition) is 5. The molecule has 4 aromatic rings. The quantitative estimate of drug-likeness (QED) is 0.494. The van der Waals surface area contributed by atoms with Gasteiger partial charge < -0.3 is 10.1 Å². The third-order valence-electron chi connectivity index (χ3n) is 5.41. The number of ether oxygens (including phenoxy) is 1. The zero-order valence-corrected chi connectivity index (χ0v) is 18.1. The van der Waals surface area contributed by atoms with Crippen LogP contribution in [0.25, 0.3) is 33.4 Å². The van der Waals surface area contributed by atoms with Crippen molar-refractivity contribution in [2.45, 2.75) is 20.3 Å². The average Bonchev–Trinajstić information content (AvgIpc) is 3.19. The average molecular weight is 415 g/mol. The number of aromatic nitrogens is 4. The molecule has 31 heavy (non-hydrogen) atoms. The first-order chi connectivity index (χ1) is 15.0. The van der Waals surface area contributed by atoms with Gasteiger partial charge in [0.15, 0.2) is 0 Å². The Bertz CT molecular complexity index is 1230. The van der Waals surface area contributed by atoms with Crippen LogP contribution in [0, 0.1) is 5.92 Å². The number of nitrogens with one attached hydrogen (secondary N) is 1. The molecule has 0 radical (unpaired) electrons. The second-order valence-corrected chi connectivity index (χ2v) is 7.52. The minimum atomic E-state index is -0.102. The van der Waals surface area contributed by atoms with Gasteiger partial charge in [-0.1, -0.05) is 44.2 Å². The van der Waals surface area contributed by atoms with E-state index in [1.165, 1.54) is 6.33 Å². The van der Waals surface area contributed by atoms with Crippen LogP contribution in [-0.2, 0) is 11.8 Å². The number of carbonyl (C=O) groups excluding carboxylic acids is 1. The first kappa shape index (κ1) is 20.5. The number of hydrogen-bond donors (Lipinski definition) is 1. The van der Waals surface area contributed by atoms with Gasteiger partial charge in [0.05, 0.1) is 24.0 Å². The zero-order valence-electron chi connectivity index (χ0n) is 18.1. The molecule has 0 unspecified atom stereocenters. The van der Waals surface area contributed by atoms with Crippen molar-refractivity contribution in [2.24, 2.45) is 13.0 Å². The van der Waals surface area contributed by atoms with Crippen molar-refractivity contribution in [1.82, 2.24) is 19.7 Å². The molecule has 0 saturated carbocycles. The van der Waals surface area contributed by atoms with Gasteiger partial charge >= 0.3 is 0 Å². The molecule has 0 saturated heterocycles. The molecule has 2 heterocycles. The van der Waals surface area contributed by atoms with E-state index in [1.54, 1.807) is 11.8 Å². The fraction of sp³-hybridized carbons (Fsp3) is 0.250. The molecule has 7 nitrogen and oxygen atoms in total. The smallest absolute Gasteiger partial charge is 0.227 e. The van der Waals surface area contributed by atoms with Crippen molar-refractivity contribution in [3.05, 3.63) is 55.0 Å². The summed E-state index contributed by atoms with van der Waals surface area (Å²) in [6, 6.07) is 13.7. The first-order valence-corrected chi connectivity index (χ1v) is 10.2. The maximum Gasteiger partial charge on any atom is 0.227 e. The number of nitrogens with zero attached hydrogens (tertiary/aromatic N) is 4. The van der Waals surface area contributed by atoms with Crippen molar-refractivity contribution in [2.75, 3.05) is 12.4 Å². The Labute approximate surface area is 181 Å². The Morgan fingerprint density at radius 2 is 1.94 bits per heavy atom. The number of aryl methyl sites for hydroxylation is 1. The minimum Gasteiger partial charge on any atom is -0.494 e. The molecule has 0 aliphatic carbocycles. The third kappa shape index (κ3) is 3.99. The second-order valence-electron chi connectivity index (χ2n) is 7.52. The van der Waals surface area contributed by atoms with Gasteiger partial charge in [-0.15, -0.1) is 0 Å². The number of carbonyl (C=O) groups is 1. The number of amides is 1. The predicted octanol–water partition coefficient (Wildman–Crippen LogP) is 4.69. The zero-order chi connectivity index (χ0) is 22.0. The Hall–Kier alpha value is -3.74. The molecule has 1 N–H and O–H groups in total. The van der Waals surface area contributed by atoms with Crippen molar-refractivity contribution in [3.8, 4) is 28.3 Å². The lowest BCUT2D eigenvalue weighted by Gasteiger charge is -2.15. The molecular formula is C24H25N5O2. The van der Waals surface area contributed by atoms with Crippen LogP contribution in [0.4, 0.5) is 5.69 Å². The summed E-state index contributed by atoms with van der Waals surface area (Å²) in [5, 5.41) is 8.47. The van der Waals surface area contributed by atoms with E-state index in [-0.39, 0.29) is 11.8 Å². The van der Waals surface area contributed by atoms with Gasteiger partial charge in [0.2, 0.25) is 5.91 Å². The second kappa shape index (κ2) is 8.55. The van der Waals surface area contributed by atoms with Crippen molar-refractivity contribution in [3.63, 3.8) is 0 Å². The summed E-state index contributed by atoms with van der Waals surface area (Å²) in [7, 11) is 3.47. The first-order valence-electron chi connectivity index (χ1n) is 10.2. The molecule has 1 atom stereocenters. The Balaban J connectivity index is 1.89. The molecule has 2 aromatic heterocycles. The van der Waals surface area contributed by atoms with E-state index >= 15 is 0 Å². The van der Waals surface area contributed by atoms with Gasteiger partial charge in [-0.3, -0.25) is 9.48 Å². The van der Waals surface area contributed by atoms with Crippen LogP contribution >= 0.6 is 0 Å². The highest BCUT2D eigenvalue weighted by molar-refractivity contribution is 6.02. The lowest BCUT2D eigenvalue weighted by atomic mass is 10.0. The Morgan fingerprint density at radius 1 is 1.16 bits per heavy atom. The van der Waals surface area contributed by atoms with Crippen molar-refractivity contribution >= 4 is 22.5 Å². The van der Waals surface area contributed by atoms with Crippen molar-refractivity contribution in [1.29, 1.82) is 0 Å². The van der Waals surface area contributed by atoms with Gasteiger partial charge in [0.25, 0.3) is 0 Å². The van der Waals surface area contributed by atoms with Crippen LogP contribution < -0.4 is 10.1 Å². The maximum atomic E-state index is 12.5. The molecule has 0 fully saturated rings. The summed E-state index contributed by atoms with van der Waals surface area (Å²) in [4.78, 5) is 21.5. The summed E-state index contributed by atoms with van der Waals surface area (Å²) in [5.74, 6) is 0.406. The predicted molar refractivity (Wildman–Crippen MR) is 122 cm³/mol. The van der Waals surface area contributed by atoms with Crippen LogP contribution in [0.2, 0.25) is 0 Å². The highest BCUT2D eigenvalue weighted by atomic mass is 16.5. The van der Waals surface area contributed by atoms with Gasteiger partial charge in [-0.25, -0.2) is 9.97 Å². The Kier molecular flexibility index (Phi) is 5.66. The molecule has 4 rings (SSSR count). The maximum absolute atomic E-state index is 12.5. The van der Waals surface area contributed by atoms with Gasteiger partial charge in [0, 0.05) is 41.7 Å². The number of rotatable bonds is 6. The van der Waals surface area contributed by atoms with E-state index < -0.39 is 0 Å². The topological polar surface area (TPSA) is 81.9 Å². The standard InChI is InChI=1S/C24H25N5O2/c1-5-15(2)24(30)27-20-11-17-19(12-21(20)31-4)25-14-26-23(17)18-13-29(3)28-22(18)16-9-7-6-8-10-16/h6-15H,5H2,1-4H3,(H,27,30)/t15-/m0/s1. The summed E-state index contributed by atoms with van der Waals surface area (Å²) in [6.45, 7) is 3.89. The van der Waals surface area contributed by atoms with Crippen LogP contribution in [0.3, 0.4) is 0 Å². The SMILES string of the molecule is CC[C@H](C)C(=O)Nc1cc2c(-c3cn(C)nc3-c3ccccc3)ncnc2cc1OC. The molecule has 0 spiro atoms. The van der Waals surface area contributed by atoms with Gasteiger partial charge in [-0.05, 0) is 12.5 Å². The normalized spacial score (nSPS) is 12.0. The van der Waals surface area contributed by atoms with E-state index in [4.69, 9.17) is 4.74 Å². The molecule has 7 heteroatoms. The fourth-order valence-electron chi connectivity index (χ4n) is 3.48. The molecule has 158 valence electrons. The Morgan fingerprint density at radius 3 is 2.65 bits per heavy atom.